The number of carbonyl (C=O) groups excluding carboxylic acids is 1. The number of nitrogens with two attached hydrogens (primary N) is 1. The Kier molecular flexibility index (Phi) is 5.07. The number of aromatic nitrogens is 2. The average molecular weight is 370 g/mol. The SMILES string of the molecule is CCCn1c(=O)[nH]c(N)c(NC(=O)c2ccc(S(=O)(=O)F)cc2)c1=O. The second-order valence-electron chi connectivity index (χ2n) is 5.09. The molecule has 0 fully saturated rings. The molecule has 9 nitrogen and oxygen atoms in total. The van der Waals surface area contributed by atoms with Gasteiger partial charge in [-0.3, -0.25) is 19.1 Å². The van der Waals surface area contributed by atoms with Gasteiger partial charge in [-0.1, -0.05) is 6.92 Å². The maximum absolute atomic E-state index is 12.8. The molecule has 0 aliphatic rings. The van der Waals surface area contributed by atoms with Gasteiger partial charge in [0.15, 0.2) is 0 Å². The quantitative estimate of drug-likeness (QED) is 0.651. The smallest absolute Gasteiger partial charge is 0.332 e. The van der Waals surface area contributed by atoms with Crippen molar-refractivity contribution in [1.29, 1.82) is 0 Å². The summed E-state index contributed by atoms with van der Waals surface area (Å²) >= 11 is 0. The summed E-state index contributed by atoms with van der Waals surface area (Å²) in [6.45, 7) is 1.90. The maximum Gasteiger partial charge on any atom is 0.332 e. The number of nitrogens with zero attached hydrogens (tertiary/aromatic N) is 1. The molecule has 0 bridgehead atoms. The number of rotatable bonds is 5. The van der Waals surface area contributed by atoms with Crippen LogP contribution in [0.4, 0.5) is 15.4 Å². The number of nitrogen functional groups attached to an aromatic ring is 1. The monoisotopic (exact) mass is 370 g/mol. The standard InChI is InChI=1S/C14H15FN4O5S/c1-2-7-19-13(21)10(11(16)18-14(19)22)17-12(20)8-3-5-9(6-4-8)25(15,23)24/h3-6H,2,7,16H2,1H3,(H,17,20)(H,18,22). The fourth-order valence-electron chi connectivity index (χ4n) is 2.09. The highest BCUT2D eigenvalue weighted by Gasteiger charge is 2.17. The molecule has 0 saturated heterocycles. The normalized spacial score (nSPS) is 11.3. The molecule has 0 saturated carbocycles. The number of halogens is 1. The number of carbonyl (C=O) groups is 1. The number of hydrogen-bond acceptors (Lipinski definition) is 6. The average Bonchev–Trinajstić information content (AvgIpc) is 2.54. The molecule has 4 N–H and O–H groups in total. The van der Waals surface area contributed by atoms with Gasteiger partial charge < -0.3 is 11.1 Å². The number of aromatic amines is 1. The Morgan fingerprint density at radius 1 is 1.28 bits per heavy atom. The van der Waals surface area contributed by atoms with Crippen LogP contribution in [0.15, 0.2) is 38.8 Å². The van der Waals surface area contributed by atoms with Gasteiger partial charge in [-0.05, 0) is 30.7 Å². The van der Waals surface area contributed by atoms with Gasteiger partial charge in [-0.2, -0.15) is 8.42 Å². The molecule has 2 rings (SSSR count). The minimum atomic E-state index is -4.88. The molecule has 0 atom stereocenters. The van der Waals surface area contributed by atoms with Crippen LogP contribution in [0.2, 0.25) is 0 Å². The highest BCUT2D eigenvalue weighted by molar-refractivity contribution is 7.86. The van der Waals surface area contributed by atoms with Gasteiger partial charge in [0.1, 0.15) is 11.5 Å². The summed E-state index contributed by atoms with van der Waals surface area (Å²) in [5.74, 6) is -1.08. The van der Waals surface area contributed by atoms with Crippen LogP contribution in [0.5, 0.6) is 0 Å². The molecule has 0 aliphatic carbocycles. The third-order valence-corrected chi connectivity index (χ3v) is 4.13. The van der Waals surface area contributed by atoms with Crippen molar-refractivity contribution in [3.63, 3.8) is 0 Å². The summed E-state index contributed by atoms with van der Waals surface area (Å²) < 4.78 is 35.3. The molecule has 0 unspecified atom stereocenters. The molecule has 0 spiro atoms. The van der Waals surface area contributed by atoms with E-state index in [2.05, 4.69) is 10.3 Å². The highest BCUT2D eigenvalue weighted by Crippen LogP contribution is 2.15. The molecule has 134 valence electrons. The van der Waals surface area contributed by atoms with Crippen LogP contribution in [-0.4, -0.2) is 23.9 Å². The van der Waals surface area contributed by atoms with Crippen molar-refractivity contribution in [3.8, 4) is 0 Å². The van der Waals surface area contributed by atoms with E-state index in [0.717, 1.165) is 28.8 Å². The number of nitrogens with one attached hydrogen (secondary N) is 2. The van der Waals surface area contributed by atoms with Crippen LogP contribution < -0.4 is 22.3 Å². The molecule has 11 heteroatoms. The fourth-order valence-corrected chi connectivity index (χ4v) is 2.55. The summed E-state index contributed by atoms with van der Waals surface area (Å²) in [4.78, 5) is 37.8. The fraction of sp³-hybridized carbons (Fsp3) is 0.214. The van der Waals surface area contributed by atoms with Crippen LogP contribution in [0.3, 0.4) is 0 Å². The first kappa shape index (κ1) is 18.4. The Morgan fingerprint density at radius 3 is 2.40 bits per heavy atom. The van der Waals surface area contributed by atoms with Crippen molar-refractivity contribution >= 4 is 27.6 Å². The van der Waals surface area contributed by atoms with E-state index in [9.17, 15) is 26.7 Å². The van der Waals surface area contributed by atoms with Gasteiger partial charge in [0.2, 0.25) is 0 Å². The van der Waals surface area contributed by atoms with Gasteiger partial charge in [0.05, 0.1) is 4.90 Å². The van der Waals surface area contributed by atoms with E-state index >= 15 is 0 Å². The van der Waals surface area contributed by atoms with Crippen LogP contribution in [0, 0.1) is 0 Å². The zero-order valence-electron chi connectivity index (χ0n) is 13.1. The first-order chi connectivity index (χ1) is 11.6. The van der Waals surface area contributed by atoms with E-state index in [-0.39, 0.29) is 23.6 Å². The minimum absolute atomic E-state index is 0.0283. The summed E-state index contributed by atoms with van der Waals surface area (Å²) in [5.41, 5.74) is 3.79. The van der Waals surface area contributed by atoms with Crippen molar-refractivity contribution in [2.45, 2.75) is 24.8 Å². The highest BCUT2D eigenvalue weighted by atomic mass is 32.3. The van der Waals surface area contributed by atoms with Crippen LogP contribution in [0.1, 0.15) is 23.7 Å². The third kappa shape index (κ3) is 3.94. The summed E-state index contributed by atoms with van der Waals surface area (Å²) in [6.07, 6.45) is 0.513. The number of benzene rings is 1. The van der Waals surface area contributed by atoms with Gasteiger partial charge in [-0.15, -0.1) is 3.89 Å². The second-order valence-corrected chi connectivity index (χ2v) is 6.44. The molecule has 25 heavy (non-hydrogen) atoms. The molecule has 1 aromatic heterocycles. The minimum Gasteiger partial charge on any atom is -0.383 e. The number of anilines is 2. The molecule has 2 aromatic rings. The second kappa shape index (κ2) is 6.89. The Morgan fingerprint density at radius 2 is 1.88 bits per heavy atom. The molecule has 1 heterocycles. The molecular formula is C14H15FN4O5S. The summed E-state index contributed by atoms with van der Waals surface area (Å²) in [6, 6.07) is 3.98. The Hall–Kier alpha value is -2.95. The van der Waals surface area contributed by atoms with Crippen LogP contribution in [-0.2, 0) is 16.8 Å². The molecule has 0 aliphatic heterocycles. The Balaban J connectivity index is 2.37. The van der Waals surface area contributed by atoms with E-state index in [1.165, 1.54) is 0 Å². The van der Waals surface area contributed by atoms with E-state index in [1.54, 1.807) is 6.92 Å². The van der Waals surface area contributed by atoms with Crippen molar-refractivity contribution in [1.82, 2.24) is 9.55 Å². The van der Waals surface area contributed by atoms with Crippen LogP contribution >= 0.6 is 0 Å². The molecule has 1 aromatic carbocycles. The van der Waals surface area contributed by atoms with E-state index in [1.807, 2.05) is 0 Å². The summed E-state index contributed by atoms with van der Waals surface area (Å²) in [7, 11) is -4.88. The topological polar surface area (TPSA) is 144 Å². The summed E-state index contributed by atoms with van der Waals surface area (Å²) in [5, 5.41) is 2.27. The zero-order chi connectivity index (χ0) is 18.8. The first-order valence-electron chi connectivity index (χ1n) is 7.13. The van der Waals surface area contributed by atoms with Crippen molar-refractivity contribution in [2.24, 2.45) is 0 Å². The van der Waals surface area contributed by atoms with E-state index in [0.29, 0.717) is 6.42 Å². The largest absolute Gasteiger partial charge is 0.383 e. The molecular weight excluding hydrogens is 355 g/mol. The molecule has 0 radical (unpaired) electrons. The lowest BCUT2D eigenvalue weighted by atomic mass is 10.2. The predicted octanol–water partition coefficient (Wildman–Crippen LogP) is 0.439. The van der Waals surface area contributed by atoms with E-state index in [4.69, 9.17) is 5.73 Å². The zero-order valence-corrected chi connectivity index (χ0v) is 13.9. The third-order valence-electron chi connectivity index (χ3n) is 3.30. The lowest BCUT2D eigenvalue weighted by Crippen LogP contribution is -2.38. The van der Waals surface area contributed by atoms with Gasteiger partial charge in [-0.25, -0.2) is 4.79 Å². The first-order valence-corrected chi connectivity index (χ1v) is 8.52. The lowest BCUT2D eigenvalue weighted by Gasteiger charge is -2.10. The van der Waals surface area contributed by atoms with Crippen molar-refractivity contribution < 1.29 is 17.1 Å². The predicted molar refractivity (Wildman–Crippen MR) is 88.7 cm³/mol. The van der Waals surface area contributed by atoms with Crippen molar-refractivity contribution in [2.75, 3.05) is 11.1 Å². The Bertz CT molecular complexity index is 1020. The van der Waals surface area contributed by atoms with Gasteiger partial charge in [0.25, 0.3) is 11.5 Å². The number of H-pyrrole nitrogens is 1. The molecule has 1 amide bonds. The van der Waals surface area contributed by atoms with Gasteiger partial charge in [0, 0.05) is 12.1 Å². The van der Waals surface area contributed by atoms with E-state index < -0.39 is 32.3 Å². The maximum atomic E-state index is 12.8. The van der Waals surface area contributed by atoms with Crippen molar-refractivity contribution in [3.05, 3.63) is 50.7 Å². The lowest BCUT2D eigenvalue weighted by molar-refractivity contribution is 0.102. The Labute approximate surface area is 141 Å². The number of amides is 1. The van der Waals surface area contributed by atoms with Gasteiger partial charge >= 0.3 is 15.9 Å². The van der Waals surface area contributed by atoms with Crippen LogP contribution in [0.25, 0.3) is 0 Å². The number of hydrogen-bond donors (Lipinski definition) is 3.